The Morgan fingerprint density at radius 3 is 1.30 bits per heavy atom. The summed E-state index contributed by atoms with van der Waals surface area (Å²) in [7, 11) is -4.71. The van der Waals surface area contributed by atoms with Crippen LogP contribution in [0.1, 0.15) is 206 Å². The van der Waals surface area contributed by atoms with Gasteiger partial charge < -0.3 is 25.2 Å². The van der Waals surface area contributed by atoms with E-state index in [9.17, 15) is 23.8 Å². The average Bonchev–Trinajstić information content (AvgIpc) is 3.17. The Hall–Kier alpha value is -2.04. The van der Waals surface area contributed by atoms with Crippen molar-refractivity contribution in [3.05, 3.63) is 24.3 Å². The maximum atomic E-state index is 12.6. The second-order valence-electron chi connectivity index (χ2n) is 15.2. The molecule has 1 unspecified atom stereocenters. The Bertz CT molecular complexity index is 1050. The van der Waals surface area contributed by atoms with Crippen LogP contribution in [0, 0.1) is 0 Å². The van der Waals surface area contributed by atoms with Gasteiger partial charge in [-0.1, -0.05) is 154 Å². The number of hydrogen-bond donors (Lipinski definition) is 3. The highest BCUT2D eigenvalue weighted by molar-refractivity contribution is 7.47. The van der Waals surface area contributed by atoms with Crippen LogP contribution in [0.4, 0.5) is 0 Å². The standard InChI is InChI=1S/C44H82NO10P/c1-3-5-7-9-11-13-15-17-19-20-22-24-26-28-30-32-34-36-43(47)55-40(38-53-56(50,51)54-39-41(45)44(48)49)37-52-42(46)35-33-31-29-27-25-23-21-18-16-14-12-10-8-6-4-2/h13-16,40-41H,3-12,17-39,45H2,1-2H3,(H,48,49)(H,50,51)/b15-13+,16-14+/t40-,41+/m1/s1. The van der Waals surface area contributed by atoms with Gasteiger partial charge >= 0.3 is 25.7 Å². The van der Waals surface area contributed by atoms with Crippen molar-refractivity contribution in [3.63, 3.8) is 0 Å². The van der Waals surface area contributed by atoms with Gasteiger partial charge in [0.2, 0.25) is 0 Å². The van der Waals surface area contributed by atoms with Gasteiger partial charge in [-0.05, 0) is 64.2 Å². The first-order chi connectivity index (χ1) is 27.1. The van der Waals surface area contributed by atoms with Crippen LogP contribution < -0.4 is 5.73 Å². The van der Waals surface area contributed by atoms with Crippen molar-refractivity contribution in [2.75, 3.05) is 19.8 Å². The minimum atomic E-state index is -4.71. The number of phosphoric acid groups is 1. The Balaban J connectivity index is 4.34. The Kier molecular flexibility index (Phi) is 38.3. The predicted octanol–water partition coefficient (Wildman–Crippen LogP) is 11.8. The molecule has 0 rings (SSSR count). The third-order valence-corrected chi connectivity index (χ3v) is 10.6. The lowest BCUT2D eigenvalue weighted by Gasteiger charge is -2.20. The molecule has 0 aromatic carbocycles. The fourth-order valence-corrected chi connectivity index (χ4v) is 6.89. The van der Waals surface area contributed by atoms with E-state index in [0.717, 1.165) is 44.9 Å². The number of esters is 2. The topological polar surface area (TPSA) is 172 Å². The second-order valence-corrected chi connectivity index (χ2v) is 16.6. The fourth-order valence-electron chi connectivity index (χ4n) is 6.11. The van der Waals surface area contributed by atoms with Crippen LogP contribution in [0.15, 0.2) is 24.3 Å². The van der Waals surface area contributed by atoms with Gasteiger partial charge in [0.1, 0.15) is 12.6 Å². The lowest BCUT2D eigenvalue weighted by Crippen LogP contribution is -2.34. The minimum absolute atomic E-state index is 0.160. The Labute approximate surface area is 340 Å². The molecule has 0 fully saturated rings. The Morgan fingerprint density at radius 2 is 0.893 bits per heavy atom. The van der Waals surface area contributed by atoms with Crippen LogP contribution in [-0.4, -0.2) is 59.9 Å². The first-order valence-electron chi connectivity index (χ1n) is 22.4. The van der Waals surface area contributed by atoms with E-state index in [1.165, 1.54) is 122 Å². The van der Waals surface area contributed by atoms with Crippen molar-refractivity contribution in [1.82, 2.24) is 0 Å². The minimum Gasteiger partial charge on any atom is -0.480 e. The number of rotatable bonds is 42. The van der Waals surface area contributed by atoms with Gasteiger partial charge in [0.25, 0.3) is 0 Å². The fraction of sp³-hybridized carbons (Fsp3) is 0.841. The highest BCUT2D eigenvalue weighted by atomic mass is 31.2. The van der Waals surface area contributed by atoms with E-state index >= 15 is 0 Å². The molecule has 11 nitrogen and oxygen atoms in total. The molecule has 56 heavy (non-hydrogen) atoms. The van der Waals surface area contributed by atoms with Gasteiger partial charge in [-0.25, -0.2) is 4.57 Å². The lowest BCUT2D eigenvalue weighted by atomic mass is 10.1. The highest BCUT2D eigenvalue weighted by Crippen LogP contribution is 2.43. The molecule has 328 valence electrons. The van der Waals surface area contributed by atoms with E-state index in [1.54, 1.807) is 0 Å². The molecule has 0 aliphatic carbocycles. The monoisotopic (exact) mass is 816 g/mol. The average molecular weight is 816 g/mol. The lowest BCUT2D eigenvalue weighted by molar-refractivity contribution is -0.161. The number of nitrogens with two attached hydrogens (primary N) is 1. The van der Waals surface area contributed by atoms with Gasteiger partial charge in [0.15, 0.2) is 6.10 Å². The van der Waals surface area contributed by atoms with Crippen molar-refractivity contribution < 1.29 is 47.5 Å². The van der Waals surface area contributed by atoms with Crippen molar-refractivity contribution in [3.8, 4) is 0 Å². The van der Waals surface area contributed by atoms with Gasteiger partial charge in [0.05, 0.1) is 13.2 Å². The van der Waals surface area contributed by atoms with E-state index in [-0.39, 0.29) is 19.4 Å². The number of hydrogen-bond acceptors (Lipinski definition) is 9. The number of allylic oxidation sites excluding steroid dienone is 4. The third kappa shape index (κ3) is 38.8. The largest absolute Gasteiger partial charge is 0.480 e. The summed E-state index contributed by atoms with van der Waals surface area (Å²) in [6.45, 7) is 2.79. The molecule has 0 saturated heterocycles. The molecule has 0 radical (unpaired) electrons. The molecule has 0 spiro atoms. The summed E-state index contributed by atoms with van der Waals surface area (Å²) in [6.07, 6.45) is 40.9. The summed E-state index contributed by atoms with van der Waals surface area (Å²) in [6, 6.07) is -1.52. The van der Waals surface area contributed by atoms with Crippen LogP contribution in [0.2, 0.25) is 0 Å². The summed E-state index contributed by atoms with van der Waals surface area (Å²) in [5.41, 5.74) is 5.33. The summed E-state index contributed by atoms with van der Waals surface area (Å²) >= 11 is 0. The van der Waals surface area contributed by atoms with Gasteiger partial charge in [0, 0.05) is 12.8 Å². The zero-order valence-corrected chi connectivity index (χ0v) is 36.4. The van der Waals surface area contributed by atoms with Crippen LogP contribution in [0.25, 0.3) is 0 Å². The molecule has 0 aliphatic heterocycles. The SMILES string of the molecule is CCCCCC/C=C/CCCCCCCCCCCC(=O)O[C@H](COC(=O)CCCCCCCCC/C=C/CCCCCC)COP(=O)(O)OC[C@H](N)C(=O)O. The quantitative estimate of drug-likeness (QED) is 0.0232. The number of unbranched alkanes of at least 4 members (excludes halogenated alkanes) is 24. The second kappa shape index (κ2) is 39.8. The van der Waals surface area contributed by atoms with E-state index in [0.29, 0.717) is 12.8 Å². The Morgan fingerprint density at radius 1 is 0.536 bits per heavy atom. The number of carboxylic acids is 1. The highest BCUT2D eigenvalue weighted by Gasteiger charge is 2.28. The summed E-state index contributed by atoms with van der Waals surface area (Å²) in [5.74, 6) is -2.38. The van der Waals surface area contributed by atoms with E-state index in [1.807, 2.05) is 0 Å². The molecule has 0 aromatic rings. The summed E-state index contributed by atoms with van der Waals surface area (Å²) < 4.78 is 32.7. The molecule has 0 saturated carbocycles. The number of carboxylic acid groups (broad SMARTS) is 1. The van der Waals surface area contributed by atoms with Crippen molar-refractivity contribution in [1.29, 1.82) is 0 Å². The molecular formula is C44H82NO10P. The number of ether oxygens (including phenoxy) is 2. The molecule has 0 bridgehead atoms. The van der Waals surface area contributed by atoms with E-state index in [4.69, 9.17) is 24.8 Å². The smallest absolute Gasteiger partial charge is 0.472 e. The third-order valence-electron chi connectivity index (χ3n) is 9.67. The molecule has 0 heterocycles. The van der Waals surface area contributed by atoms with Gasteiger partial charge in [-0.3, -0.25) is 23.4 Å². The molecule has 12 heteroatoms. The van der Waals surface area contributed by atoms with Crippen molar-refractivity contribution >= 4 is 25.7 Å². The number of aliphatic carboxylic acids is 1. The molecule has 3 atom stereocenters. The van der Waals surface area contributed by atoms with Crippen LogP contribution in [0.5, 0.6) is 0 Å². The van der Waals surface area contributed by atoms with Crippen LogP contribution in [0.3, 0.4) is 0 Å². The number of phosphoric ester groups is 1. The molecule has 0 aliphatic rings. The van der Waals surface area contributed by atoms with Gasteiger partial charge in [-0.2, -0.15) is 0 Å². The maximum absolute atomic E-state index is 12.6. The zero-order valence-electron chi connectivity index (χ0n) is 35.5. The first kappa shape index (κ1) is 54.0. The van der Waals surface area contributed by atoms with Gasteiger partial charge in [-0.15, -0.1) is 0 Å². The van der Waals surface area contributed by atoms with Crippen LogP contribution >= 0.6 is 7.82 Å². The molecule has 0 aromatic heterocycles. The van der Waals surface area contributed by atoms with Crippen molar-refractivity contribution in [2.24, 2.45) is 5.73 Å². The van der Waals surface area contributed by atoms with Crippen LogP contribution in [-0.2, 0) is 37.5 Å². The number of carbonyl (C=O) groups excluding carboxylic acids is 2. The zero-order chi connectivity index (χ0) is 41.4. The van der Waals surface area contributed by atoms with E-state index < -0.39 is 51.1 Å². The van der Waals surface area contributed by atoms with E-state index in [2.05, 4.69) is 42.7 Å². The maximum Gasteiger partial charge on any atom is 0.472 e. The predicted molar refractivity (Wildman–Crippen MR) is 226 cm³/mol. The summed E-state index contributed by atoms with van der Waals surface area (Å²) in [5, 5.41) is 8.89. The molecular weight excluding hydrogens is 733 g/mol. The summed E-state index contributed by atoms with van der Waals surface area (Å²) in [4.78, 5) is 46.0. The molecule has 0 amide bonds. The number of carbonyl (C=O) groups is 3. The first-order valence-corrected chi connectivity index (χ1v) is 23.9. The van der Waals surface area contributed by atoms with Crippen molar-refractivity contribution in [2.45, 2.75) is 219 Å². The normalized spacial score (nSPS) is 13.9. The molecule has 4 N–H and O–H groups in total.